The van der Waals surface area contributed by atoms with E-state index in [4.69, 9.17) is 10.00 Å². The van der Waals surface area contributed by atoms with Gasteiger partial charge in [-0.1, -0.05) is 0 Å². The van der Waals surface area contributed by atoms with Gasteiger partial charge in [0.1, 0.15) is 11.9 Å². The molecule has 0 aliphatic carbocycles. The molecule has 3 rings (SSSR count). The van der Waals surface area contributed by atoms with Gasteiger partial charge in [-0.15, -0.1) is 0 Å². The maximum atomic E-state index is 13.4. The van der Waals surface area contributed by atoms with Gasteiger partial charge in [-0.3, -0.25) is 14.4 Å². The molecule has 2 N–H and O–H groups in total. The quantitative estimate of drug-likeness (QED) is 0.352. The van der Waals surface area contributed by atoms with E-state index >= 15 is 0 Å². The highest BCUT2D eigenvalue weighted by molar-refractivity contribution is 6.43. The first-order valence-corrected chi connectivity index (χ1v) is 10.3. The Morgan fingerprint density at radius 2 is 2.00 bits per heavy atom. The molecule has 1 aromatic carbocycles. The highest BCUT2D eigenvalue weighted by atomic mass is 19.1. The molecular formula is C23H25FN4O4. The van der Waals surface area contributed by atoms with Gasteiger partial charge in [-0.2, -0.15) is 5.26 Å². The number of halogens is 1. The van der Waals surface area contributed by atoms with Crippen molar-refractivity contribution in [1.29, 1.82) is 5.26 Å². The Balaban J connectivity index is 1.62. The number of carbonyl (C=O) groups excluding carboxylic acids is 3. The van der Waals surface area contributed by atoms with Gasteiger partial charge in [0.05, 0.1) is 30.5 Å². The summed E-state index contributed by atoms with van der Waals surface area (Å²) >= 11 is 0. The van der Waals surface area contributed by atoms with Crippen LogP contribution in [0, 0.1) is 31.0 Å². The van der Waals surface area contributed by atoms with Crippen molar-refractivity contribution in [3.8, 4) is 6.07 Å². The van der Waals surface area contributed by atoms with Crippen molar-refractivity contribution < 1.29 is 23.5 Å². The summed E-state index contributed by atoms with van der Waals surface area (Å²) < 4.78 is 20.0. The second-order valence-corrected chi connectivity index (χ2v) is 7.79. The van der Waals surface area contributed by atoms with E-state index in [1.54, 1.807) is 31.5 Å². The monoisotopic (exact) mass is 440 g/mol. The molecule has 1 aliphatic rings. The molecule has 0 unspecified atom stereocenters. The summed E-state index contributed by atoms with van der Waals surface area (Å²) in [4.78, 5) is 37.9. The summed E-state index contributed by atoms with van der Waals surface area (Å²) in [5.74, 6) is -2.09. The molecule has 0 radical (unpaired) electrons. The Morgan fingerprint density at radius 3 is 2.62 bits per heavy atom. The smallest absolute Gasteiger partial charge is 0.294 e. The maximum absolute atomic E-state index is 13.4. The molecule has 1 fully saturated rings. The number of ether oxygens (including phenoxy) is 1. The van der Waals surface area contributed by atoms with Crippen molar-refractivity contribution in [2.45, 2.75) is 32.7 Å². The first-order chi connectivity index (χ1) is 15.2. The van der Waals surface area contributed by atoms with Crippen LogP contribution in [0.3, 0.4) is 0 Å². The number of Topliss-reactive ketones (excluding diaryl/α,β-unsaturated/α-hetero) is 2. The van der Waals surface area contributed by atoms with Gasteiger partial charge >= 0.3 is 0 Å². The summed E-state index contributed by atoms with van der Waals surface area (Å²) in [6.45, 7) is 4.64. The first kappa shape index (κ1) is 23.2. The SMILES string of the molecule is Cc1c(C(=O)CCCNc2ccc(F)c(C#N)c2)c(C)n(C)c1C(=O)C(=O)NC1COC1. The average molecular weight is 440 g/mol. The molecule has 32 heavy (non-hydrogen) atoms. The van der Waals surface area contributed by atoms with E-state index in [0.717, 1.165) is 0 Å². The third kappa shape index (κ3) is 4.70. The van der Waals surface area contributed by atoms with Gasteiger partial charge in [-0.05, 0) is 44.0 Å². The molecule has 8 nitrogen and oxygen atoms in total. The molecule has 0 saturated carbocycles. The van der Waals surface area contributed by atoms with Crippen molar-refractivity contribution in [2.75, 3.05) is 25.1 Å². The molecule has 1 saturated heterocycles. The number of rotatable bonds is 9. The molecule has 2 heterocycles. The second kappa shape index (κ2) is 9.75. The number of nitriles is 1. The fraction of sp³-hybridized carbons (Fsp3) is 0.391. The van der Waals surface area contributed by atoms with Crippen molar-refractivity contribution in [1.82, 2.24) is 9.88 Å². The first-order valence-electron chi connectivity index (χ1n) is 10.3. The van der Waals surface area contributed by atoms with Crippen LogP contribution in [-0.2, 0) is 16.6 Å². The summed E-state index contributed by atoms with van der Waals surface area (Å²) in [7, 11) is 1.66. The highest BCUT2D eigenvalue weighted by Crippen LogP contribution is 2.24. The number of aromatic nitrogens is 1. The number of anilines is 1. The van der Waals surface area contributed by atoms with E-state index in [-0.39, 0.29) is 29.5 Å². The number of carbonyl (C=O) groups is 3. The summed E-state index contributed by atoms with van der Waals surface area (Å²) in [6, 6.07) is 5.79. The molecule has 0 spiro atoms. The molecule has 168 valence electrons. The predicted octanol–water partition coefficient (Wildman–Crippen LogP) is 2.43. The normalized spacial score (nSPS) is 13.2. The lowest BCUT2D eigenvalue weighted by Gasteiger charge is -2.26. The summed E-state index contributed by atoms with van der Waals surface area (Å²) in [5.41, 5.74) is 2.32. The molecule has 0 bridgehead atoms. The predicted molar refractivity (Wildman–Crippen MR) is 115 cm³/mol. The minimum absolute atomic E-state index is 0.0484. The van der Waals surface area contributed by atoms with Crippen molar-refractivity contribution >= 4 is 23.2 Å². The van der Waals surface area contributed by atoms with E-state index in [1.165, 1.54) is 18.2 Å². The standard InChI is InChI=1S/C23H25FN4O4/c1-13-20(14(2)28(3)21(13)22(30)23(31)27-17-11-32-12-17)19(29)5-4-8-26-16-6-7-18(24)15(9-16)10-25/h6-7,9,17,26H,4-5,8,11-12H2,1-3H3,(H,27,31). The zero-order valence-corrected chi connectivity index (χ0v) is 18.3. The zero-order chi connectivity index (χ0) is 23.4. The Hall–Kier alpha value is -3.51. The highest BCUT2D eigenvalue weighted by Gasteiger charge is 2.30. The third-order valence-electron chi connectivity index (χ3n) is 5.60. The Kier molecular flexibility index (Phi) is 7.05. The largest absolute Gasteiger partial charge is 0.385 e. The van der Waals surface area contributed by atoms with E-state index in [1.807, 2.05) is 0 Å². The number of nitrogens with one attached hydrogen (secondary N) is 2. The molecular weight excluding hydrogens is 415 g/mol. The second-order valence-electron chi connectivity index (χ2n) is 7.79. The van der Waals surface area contributed by atoms with Gasteiger partial charge in [0.2, 0.25) is 0 Å². The lowest BCUT2D eigenvalue weighted by Crippen LogP contribution is -2.50. The van der Waals surface area contributed by atoms with Gasteiger partial charge in [0.25, 0.3) is 11.7 Å². The fourth-order valence-electron chi connectivity index (χ4n) is 3.72. The van der Waals surface area contributed by atoms with Crippen molar-refractivity contribution in [3.63, 3.8) is 0 Å². The number of hydrogen-bond donors (Lipinski definition) is 2. The van der Waals surface area contributed by atoms with Crippen LogP contribution in [0.15, 0.2) is 18.2 Å². The van der Waals surface area contributed by atoms with Crippen LogP contribution in [0.25, 0.3) is 0 Å². The van der Waals surface area contributed by atoms with Crippen LogP contribution in [-0.4, -0.2) is 47.8 Å². The van der Waals surface area contributed by atoms with Crippen LogP contribution in [0.4, 0.5) is 10.1 Å². The number of benzene rings is 1. The third-order valence-corrected chi connectivity index (χ3v) is 5.60. The van der Waals surface area contributed by atoms with Crippen molar-refractivity contribution in [3.05, 3.63) is 52.1 Å². The van der Waals surface area contributed by atoms with E-state index in [0.29, 0.717) is 48.7 Å². The summed E-state index contributed by atoms with van der Waals surface area (Å²) in [6.07, 6.45) is 0.724. The lowest BCUT2D eigenvalue weighted by molar-refractivity contribution is -0.121. The summed E-state index contributed by atoms with van der Waals surface area (Å²) in [5, 5.41) is 14.6. The number of nitrogens with zero attached hydrogens (tertiary/aromatic N) is 2. The van der Waals surface area contributed by atoms with E-state index < -0.39 is 17.5 Å². The van der Waals surface area contributed by atoms with Crippen LogP contribution < -0.4 is 10.6 Å². The van der Waals surface area contributed by atoms with Crippen LogP contribution in [0.5, 0.6) is 0 Å². The van der Waals surface area contributed by atoms with Gasteiger partial charge in [0.15, 0.2) is 5.78 Å². The minimum atomic E-state index is -0.707. The molecule has 9 heteroatoms. The van der Waals surface area contributed by atoms with E-state index in [2.05, 4.69) is 10.6 Å². The average Bonchev–Trinajstić information content (AvgIpc) is 2.96. The number of amides is 1. The van der Waals surface area contributed by atoms with Crippen LogP contribution in [0.1, 0.15) is 50.5 Å². The fourth-order valence-corrected chi connectivity index (χ4v) is 3.72. The topological polar surface area (TPSA) is 113 Å². The Bertz CT molecular complexity index is 1110. The van der Waals surface area contributed by atoms with Crippen molar-refractivity contribution in [2.24, 2.45) is 7.05 Å². The Labute approximate surface area is 185 Å². The minimum Gasteiger partial charge on any atom is -0.385 e. The molecule has 1 aliphatic heterocycles. The van der Waals surface area contributed by atoms with Gasteiger partial charge < -0.3 is 19.9 Å². The molecule has 2 aromatic rings. The van der Waals surface area contributed by atoms with E-state index in [9.17, 15) is 18.8 Å². The Morgan fingerprint density at radius 1 is 1.28 bits per heavy atom. The molecule has 0 atom stereocenters. The van der Waals surface area contributed by atoms with Gasteiger partial charge in [0, 0.05) is 37.0 Å². The maximum Gasteiger partial charge on any atom is 0.294 e. The number of hydrogen-bond acceptors (Lipinski definition) is 6. The lowest BCUT2D eigenvalue weighted by atomic mass is 10.0. The van der Waals surface area contributed by atoms with Gasteiger partial charge in [-0.25, -0.2) is 4.39 Å². The number of ketones is 2. The zero-order valence-electron chi connectivity index (χ0n) is 18.3. The molecule has 1 amide bonds. The van der Waals surface area contributed by atoms with Crippen LogP contribution in [0.2, 0.25) is 0 Å². The molecule has 1 aromatic heterocycles. The van der Waals surface area contributed by atoms with Crippen LogP contribution >= 0.6 is 0 Å².